The summed E-state index contributed by atoms with van der Waals surface area (Å²) < 4.78 is 5.52. The summed E-state index contributed by atoms with van der Waals surface area (Å²) in [5, 5.41) is 2.75. The maximum atomic E-state index is 12.0. The van der Waals surface area contributed by atoms with Crippen LogP contribution in [0.5, 0.6) is 5.75 Å². The van der Waals surface area contributed by atoms with E-state index in [9.17, 15) is 9.59 Å². The monoisotopic (exact) mass is 340 g/mol. The van der Waals surface area contributed by atoms with E-state index in [1.54, 1.807) is 7.05 Å². The Morgan fingerprint density at radius 2 is 1.60 bits per heavy atom. The average molecular weight is 340 g/mol. The second kappa shape index (κ2) is 8.87. The van der Waals surface area contributed by atoms with Crippen LogP contribution < -0.4 is 10.1 Å². The summed E-state index contributed by atoms with van der Waals surface area (Å²) in [6.07, 6.45) is 0. The molecular formula is C20H24N2O3. The Bertz CT molecular complexity index is 697. The first kappa shape index (κ1) is 18.5. The zero-order chi connectivity index (χ0) is 18.2. The molecule has 0 radical (unpaired) electrons. The van der Waals surface area contributed by atoms with Crippen LogP contribution in [-0.2, 0) is 9.59 Å². The van der Waals surface area contributed by atoms with E-state index >= 15 is 0 Å². The number of benzene rings is 2. The first-order valence-corrected chi connectivity index (χ1v) is 8.27. The minimum Gasteiger partial charge on any atom is -0.484 e. The number of nitrogens with one attached hydrogen (secondary N) is 1. The van der Waals surface area contributed by atoms with E-state index in [0.29, 0.717) is 5.75 Å². The van der Waals surface area contributed by atoms with Crippen molar-refractivity contribution in [2.45, 2.75) is 19.9 Å². The minimum absolute atomic E-state index is 0.0211. The Morgan fingerprint density at radius 3 is 2.20 bits per heavy atom. The van der Waals surface area contributed by atoms with Gasteiger partial charge in [0.2, 0.25) is 5.91 Å². The quantitative estimate of drug-likeness (QED) is 0.843. The van der Waals surface area contributed by atoms with Crippen molar-refractivity contribution < 1.29 is 14.3 Å². The summed E-state index contributed by atoms with van der Waals surface area (Å²) in [7, 11) is 1.59. The molecule has 0 fully saturated rings. The van der Waals surface area contributed by atoms with Gasteiger partial charge in [-0.15, -0.1) is 0 Å². The maximum Gasteiger partial charge on any atom is 0.260 e. The van der Waals surface area contributed by atoms with Gasteiger partial charge < -0.3 is 15.0 Å². The number of amides is 2. The number of hydrogen-bond donors (Lipinski definition) is 1. The van der Waals surface area contributed by atoms with Crippen LogP contribution in [0.3, 0.4) is 0 Å². The Kier molecular flexibility index (Phi) is 6.57. The number of rotatable bonds is 7. The smallest absolute Gasteiger partial charge is 0.260 e. The van der Waals surface area contributed by atoms with Gasteiger partial charge in [-0.25, -0.2) is 0 Å². The van der Waals surface area contributed by atoms with Crippen LogP contribution in [0.25, 0.3) is 11.1 Å². The Labute approximate surface area is 148 Å². The normalized spacial score (nSPS) is 10.4. The van der Waals surface area contributed by atoms with E-state index in [-0.39, 0.29) is 31.0 Å². The molecule has 0 unspecified atom stereocenters. The van der Waals surface area contributed by atoms with Crippen molar-refractivity contribution in [2.24, 2.45) is 0 Å². The third-order valence-corrected chi connectivity index (χ3v) is 3.58. The summed E-state index contributed by atoms with van der Waals surface area (Å²) in [6, 6.07) is 17.7. The number of hydrogen-bond acceptors (Lipinski definition) is 3. The molecule has 5 nitrogen and oxygen atoms in total. The molecule has 0 spiro atoms. The molecule has 25 heavy (non-hydrogen) atoms. The van der Waals surface area contributed by atoms with Gasteiger partial charge in [0.15, 0.2) is 6.61 Å². The van der Waals surface area contributed by atoms with Crippen molar-refractivity contribution in [3.63, 3.8) is 0 Å². The van der Waals surface area contributed by atoms with Crippen LogP contribution >= 0.6 is 0 Å². The molecule has 0 heterocycles. The van der Waals surface area contributed by atoms with E-state index in [1.165, 1.54) is 4.90 Å². The van der Waals surface area contributed by atoms with Gasteiger partial charge in [0.05, 0.1) is 6.54 Å². The topological polar surface area (TPSA) is 58.6 Å². The summed E-state index contributed by atoms with van der Waals surface area (Å²) >= 11 is 0. The molecule has 2 aromatic carbocycles. The molecule has 0 aliphatic rings. The summed E-state index contributed by atoms with van der Waals surface area (Å²) in [5.74, 6) is 0.192. The minimum atomic E-state index is -0.244. The fourth-order valence-corrected chi connectivity index (χ4v) is 2.30. The predicted octanol–water partition coefficient (Wildman–Crippen LogP) is 2.72. The van der Waals surface area contributed by atoms with Gasteiger partial charge >= 0.3 is 0 Å². The largest absolute Gasteiger partial charge is 0.484 e. The molecule has 2 aromatic rings. The van der Waals surface area contributed by atoms with Gasteiger partial charge in [-0.05, 0) is 37.1 Å². The van der Waals surface area contributed by atoms with Gasteiger partial charge in [-0.2, -0.15) is 0 Å². The summed E-state index contributed by atoms with van der Waals surface area (Å²) in [4.78, 5) is 25.1. The number of nitrogens with zero attached hydrogens (tertiary/aromatic N) is 1. The fourth-order valence-electron chi connectivity index (χ4n) is 2.30. The van der Waals surface area contributed by atoms with Crippen molar-refractivity contribution in [3.05, 3.63) is 54.6 Å². The number of carbonyl (C=O) groups is 2. The van der Waals surface area contributed by atoms with Crippen LogP contribution in [-0.4, -0.2) is 43.0 Å². The molecule has 0 aromatic heterocycles. The molecule has 0 bridgehead atoms. The standard InChI is InChI=1S/C20H24N2O3/c1-15(2)21-19(23)13-22(3)20(24)14-25-18-11-9-17(10-12-18)16-7-5-4-6-8-16/h4-12,15H,13-14H2,1-3H3,(H,21,23). The van der Waals surface area contributed by atoms with E-state index in [2.05, 4.69) is 5.32 Å². The maximum absolute atomic E-state index is 12.0. The third kappa shape index (κ3) is 5.95. The third-order valence-electron chi connectivity index (χ3n) is 3.58. The van der Waals surface area contributed by atoms with Gasteiger partial charge in [-0.1, -0.05) is 42.5 Å². The molecule has 5 heteroatoms. The van der Waals surface area contributed by atoms with Crippen LogP contribution in [0.1, 0.15) is 13.8 Å². The Morgan fingerprint density at radius 1 is 1.00 bits per heavy atom. The SMILES string of the molecule is CC(C)NC(=O)CN(C)C(=O)COc1ccc(-c2ccccc2)cc1. The average Bonchev–Trinajstić information content (AvgIpc) is 2.60. The van der Waals surface area contributed by atoms with Crippen LogP contribution in [0.2, 0.25) is 0 Å². The van der Waals surface area contributed by atoms with Crippen LogP contribution in [0, 0.1) is 0 Å². The van der Waals surface area contributed by atoms with Crippen LogP contribution in [0.4, 0.5) is 0 Å². The van der Waals surface area contributed by atoms with E-state index in [4.69, 9.17) is 4.74 Å². The number of ether oxygens (including phenoxy) is 1. The molecular weight excluding hydrogens is 316 g/mol. The molecule has 132 valence electrons. The van der Waals surface area contributed by atoms with Crippen LogP contribution in [0.15, 0.2) is 54.6 Å². The molecule has 0 saturated heterocycles. The second-order valence-electron chi connectivity index (χ2n) is 6.15. The highest BCUT2D eigenvalue weighted by Crippen LogP contribution is 2.21. The Hall–Kier alpha value is -2.82. The first-order valence-electron chi connectivity index (χ1n) is 8.27. The number of carbonyl (C=O) groups excluding carboxylic acids is 2. The fraction of sp³-hybridized carbons (Fsp3) is 0.300. The van der Waals surface area contributed by atoms with Gasteiger partial charge in [0.25, 0.3) is 5.91 Å². The van der Waals surface area contributed by atoms with E-state index < -0.39 is 0 Å². The number of likely N-dealkylation sites (N-methyl/N-ethyl adjacent to an activating group) is 1. The molecule has 0 aliphatic heterocycles. The van der Waals surface area contributed by atoms with Crippen molar-refractivity contribution in [3.8, 4) is 16.9 Å². The van der Waals surface area contributed by atoms with E-state index in [0.717, 1.165) is 11.1 Å². The Balaban J connectivity index is 1.84. The van der Waals surface area contributed by atoms with Gasteiger partial charge in [-0.3, -0.25) is 9.59 Å². The van der Waals surface area contributed by atoms with Gasteiger partial charge in [0, 0.05) is 13.1 Å². The highest BCUT2D eigenvalue weighted by atomic mass is 16.5. The highest BCUT2D eigenvalue weighted by Gasteiger charge is 2.14. The molecule has 0 atom stereocenters. The van der Waals surface area contributed by atoms with Crippen molar-refractivity contribution >= 4 is 11.8 Å². The second-order valence-corrected chi connectivity index (χ2v) is 6.15. The molecule has 2 rings (SSSR count). The lowest BCUT2D eigenvalue weighted by Crippen LogP contribution is -2.42. The summed E-state index contributed by atoms with van der Waals surface area (Å²) in [5.41, 5.74) is 2.21. The van der Waals surface area contributed by atoms with Crippen molar-refractivity contribution in [2.75, 3.05) is 20.2 Å². The van der Waals surface area contributed by atoms with E-state index in [1.807, 2.05) is 68.4 Å². The molecule has 1 N–H and O–H groups in total. The molecule has 0 saturated carbocycles. The van der Waals surface area contributed by atoms with Crippen molar-refractivity contribution in [1.29, 1.82) is 0 Å². The lowest BCUT2D eigenvalue weighted by molar-refractivity contribution is -0.136. The summed E-state index contributed by atoms with van der Waals surface area (Å²) in [6.45, 7) is 3.67. The highest BCUT2D eigenvalue weighted by molar-refractivity contribution is 5.85. The lowest BCUT2D eigenvalue weighted by Gasteiger charge is -2.18. The van der Waals surface area contributed by atoms with Crippen molar-refractivity contribution in [1.82, 2.24) is 10.2 Å². The zero-order valence-electron chi connectivity index (χ0n) is 14.9. The first-order chi connectivity index (χ1) is 12.0. The molecule has 0 aliphatic carbocycles. The lowest BCUT2D eigenvalue weighted by atomic mass is 10.1. The zero-order valence-corrected chi connectivity index (χ0v) is 14.9. The van der Waals surface area contributed by atoms with Gasteiger partial charge in [0.1, 0.15) is 5.75 Å². The predicted molar refractivity (Wildman–Crippen MR) is 98.3 cm³/mol. The molecule has 2 amide bonds.